The second kappa shape index (κ2) is 9.77. The quantitative estimate of drug-likeness (QED) is 0.313. The molecule has 0 amide bonds. The number of hydrogen-bond acceptors (Lipinski definition) is 2. The van der Waals surface area contributed by atoms with Crippen molar-refractivity contribution in [2.45, 2.75) is 45.6 Å². The van der Waals surface area contributed by atoms with E-state index in [1.807, 2.05) is 6.08 Å². The lowest BCUT2D eigenvalue weighted by molar-refractivity contribution is 0.178. The molecule has 3 heteroatoms. The Labute approximate surface area is 147 Å². The van der Waals surface area contributed by atoms with Crippen LogP contribution in [0.2, 0.25) is 6.04 Å². The normalized spacial score (nSPS) is 11.8. The van der Waals surface area contributed by atoms with Crippen LogP contribution in [0.25, 0.3) is 10.8 Å². The van der Waals surface area contributed by atoms with Crippen LogP contribution in [0.3, 0.4) is 0 Å². The number of allylic oxidation sites excluding steroid dienone is 1. The molecule has 0 bridgehead atoms. The topological polar surface area (TPSA) is 18.5 Å². The van der Waals surface area contributed by atoms with E-state index in [4.69, 9.17) is 8.85 Å². The molecule has 0 aliphatic rings. The molecule has 0 aliphatic carbocycles. The smallest absolute Gasteiger partial charge is 0.377 e. The van der Waals surface area contributed by atoms with Gasteiger partial charge in [0.05, 0.1) is 0 Å². The fourth-order valence-electron chi connectivity index (χ4n) is 2.94. The predicted molar refractivity (Wildman–Crippen MR) is 106 cm³/mol. The first kappa shape index (κ1) is 18.9. The van der Waals surface area contributed by atoms with Crippen molar-refractivity contribution in [1.29, 1.82) is 0 Å². The van der Waals surface area contributed by atoms with Crippen LogP contribution in [0.5, 0.6) is 0 Å². The Hall–Kier alpha value is -1.42. The Morgan fingerprint density at radius 3 is 2.17 bits per heavy atom. The summed E-state index contributed by atoms with van der Waals surface area (Å²) in [4.78, 5) is 0. The molecule has 0 spiro atoms. The van der Waals surface area contributed by atoms with Crippen LogP contribution >= 0.6 is 0 Å². The summed E-state index contributed by atoms with van der Waals surface area (Å²) in [5.41, 5.74) is 0. The van der Waals surface area contributed by atoms with E-state index < -0.39 is 8.56 Å². The molecule has 0 heterocycles. The average molecular weight is 343 g/mol. The third-order valence-electron chi connectivity index (χ3n) is 4.28. The van der Waals surface area contributed by atoms with Gasteiger partial charge in [0.1, 0.15) is 0 Å². The van der Waals surface area contributed by atoms with Crippen LogP contribution in [0.1, 0.15) is 39.5 Å². The van der Waals surface area contributed by atoms with Gasteiger partial charge < -0.3 is 8.85 Å². The molecule has 2 aromatic carbocycles. The Kier molecular flexibility index (Phi) is 7.70. The van der Waals surface area contributed by atoms with E-state index in [0.717, 1.165) is 44.9 Å². The van der Waals surface area contributed by atoms with Crippen molar-refractivity contribution in [3.05, 3.63) is 55.1 Å². The lowest BCUT2D eigenvalue weighted by Crippen LogP contribution is -2.54. The monoisotopic (exact) mass is 342 g/mol. The Morgan fingerprint density at radius 1 is 0.917 bits per heavy atom. The number of hydrogen-bond donors (Lipinski definition) is 0. The van der Waals surface area contributed by atoms with Gasteiger partial charge in [0, 0.05) is 24.4 Å². The molecule has 0 radical (unpaired) electrons. The number of rotatable bonds is 11. The fourth-order valence-corrected chi connectivity index (χ4v) is 6.10. The molecule has 0 aliphatic heterocycles. The lowest BCUT2D eigenvalue weighted by atomic mass is 10.1. The average Bonchev–Trinajstić information content (AvgIpc) is 2.61. The second-order valence-corrected chi connectivity index (χ2v) is 9.21. The summed E-state index contributed by atoms with van der Waals surface area (Å²) < 4.78 is 13.0. The third kappa shape index (κ3) is 4.56. The number of fused-ring (bicyclic) bond motifs is 1. The molecule has 24 heavy (non-hydrogen) atoms. The van der Waals surface area contributed by atoms with Gasteiger partial charge in [-0.15, -0.1) is 6.58 Å². The maximum absolute atomic E-state index is 6.50. The van der Waals surface area contributed by atoms with E-state index in [-0.39, 0.29) is 0 Å². The van der Waals surface area contributed by atoms with E-state index in [1.54, 1.807) is 0 Å². The van der Waals surface area contributed by atoms with Crippen molar-refractivity contribution < 1.29 is 8.85 Å². The Bertz CT molecular complexity index is 623. The first-order valence-corrected chi connectivity index (χ1v) is 11.2. The van der Waals surface area contributed by atoms with Gasteiger partial charge in [-0.25, -0.2) is 0 Å². The largest absolute Gasteiger partial charge is 0.391 e. The SMILES string of the molecule is C=CC[Si](OCCCC)(OCCCC)c1cccc2ccccc12. The van der Waals surface area contributed by atoms with Gasteiger partial charge >= 0.3 is 8.56 Å². The fraction of sp³-hybridized carbons (Fsp3) is 0.429. The van der Waals surface area contributed by atoms with Crippen molar-refractivity contribution in [2.24, 2.45) is 0 Å². The first-order chi connectivity index (χ1) is 11.8. The van der Waals surface area contributed by atoms with Crippen LogP contribution in [-0.4, -0.2) is 21.8 Å². The lowest BCUT2D eigenvalue weighted by Gasteiger charge is -2.31. The van der Waals surface area contributed by atoms with Crippen LogP contribution in [0, 0.1) is 0 Å². The number of unbranched alkanes of at least 4 members (excludes halogenated alkanes) is 2. The van der Waals surface area contributed by atoms with E-state index in [0.29, 0.717) is 0 Å². The molecule has 0 saturated heterocycles. The standard InChI is InChI=1S/C21H30O2Si/c1-4-7-16-22-24(18-6-3,23-17-8-5-2)21-15-11-13-19-12-9-10-14-20(19)21/h6,9-15H,3-5,7-8,16-18H2,1-2H3. The van der Waals surface area contributed by atoms with Crippen LogP contribution in [-0.2, 0) is 8.85 Å². The maximum Gasteiger partial charge on any atom is 0.377 e. The highest BCUT2D eigenvalue weighted by atomic mass is 28.4. The van der Waals surface area contributed by atoms with Gasteiger partial charge in [0.15, 0.2) is 0 Å². The summed E-state index contributed by atoms with van der Waals surface area (Å²) >= 11 is 0. The van der Waals surface area contributed by atoms with Crippen LogP contribution in [0.15, 0.2) is 55.1 Å². The van der Waals surface area contributed by atoms with Crippen LogP contribution in [0.4, 0.5) is 0 Å². The molecule has 0 aromatic heterocycles. The third-order valence-corrected chi connectivity index (χ3v) is 7.70. The molecule has 0 atom stereocenters. The Balaban J connectivity index is 2.45. The van der Waals surface area contributed by atoms with Gasteiger partial charge in [-0.05, 0) is 23.6 Å². The van der Waals surface area contributed by atoms with Crippen molar-refractivity contribution in [3.8, 4) is 0 Å². The molecule has 0 unspecified atom stereocenters. The van der Waals surface area contributed by atoms with Crippen molar-refractivity contribution >= 4 is 24.5 Å². The highest BCUT2D eigenvalue weighted by Gasteiger charge is 2.40. The Morgan fingerprint density at radius 2 is 1.54 bits per heavy atom. The van der Waals surface area contributed by atoms with Gasteiger partial charge in [0.25, 0.3) is 0 Å². The molecular weight excluding hydrogens is 312 g/mol. The summed E-state index contributed by atoms with van der Waals surface area (Å²) in [7, 11) is -2.53. The zero-order chi connectivity index (χ0) is 17.3. The van der Waals surface area contributed by atoms with Gasteiger partial charge in [-0.1, -0.05) is 75.2 Å². The van der Waals surface area contributed by atoms with Crippen LogP contribution < -0.4 is 5.19 Å². The van der Waals surface area contributed by atoms with E-state index in [9.17, 15) is 0 Å². The summed E-state index contributed by atoms with van der Waals surface area (Å²) in [6.07, 6.45) is 6.35. The van der Waals surface area contributed by atoms with E-state index in [1.165, 1.54) is 16.0 Å². The minimum atomic E-state index is -2.53. The molecule has 0 N–H and O–H groups in total. The second-order valence-electron chi connectivity index (χ2n) is 6.18. The summed E-state index contributed by atoms with van der Waals surface area (Å²) in [5, 5.41) is 3.74. The maximum atomic E-state index is 6.50. The van der Waals surface area contributed by atoms with Crippen molar-refractivity contribution in [3.63, 3.8) is 0 Å². The van der Waals surface area contributed by atoms with Crippen molar-refractivity contribution in [2.75, 3.05) is 13.2 Å². The minimum absolute atomic E-state index is 0.756. The molecular formula is C21H30O2Si. The molecule has 0 fully saturated rings. The molecule has 0 saturated carbocycles. The molecule has 130 valence electrons. The van der Waals surface area contributed by atoms with Gasteiger partial charge in [-0.3, -0.25) is 0 Å². The zero-order valence-electron chi connectivity index (χ0n) is 15.1. The summed E-state index contributed by atoms with van der Waals surface area (Å²) in [6, 6.07) is 15.8. The highest BCUT2D eigenvalue weighted by Crippen LogP contribution is 2.22. The van der Waals surface area contributed by atoms with E-state index in [2.05, 4.69) is 62.9 Å². The van der Waals surface area contributed by atoms with Crippen molar-refractivity contribution in [1.82, 2.24) is 0 Å². The molecule has 2 aromatic rings. The predicted octanol–water partition coefficient (Wildman–Crippen LogP) is 5.31. The minimum Gasteiger partial charge on any atom is -0.391 e. The molecule has 2 nitrogen and oxygen atoms in total. The number of benzene rings is 2. The van der Waals surface area contributed by atoms with Gasteiger partial charge in [-0.2, -0.15) is 0 Å². The summed E-state index contributed by atoms with van der Waals surface area (Å²) in [5.74, 6) is 0. The summed E-state index contributed by atoms with van der Waals surface area (Å²) in [6.45, 7) is 9.87. The first-order valence-electron chi connectivity index (χ1n) is 9.14. The molecule has 2 rings (SSSR count). The highest BCUT2D eigenvalue weighted by molar-refractivity contribution is 6.83. The van der Waals surface area contributed by atoms with E-state index >= 15 is 0 Å². The zero-order valence-corrected chi connectivity index (χ0v) is 16.1. The van der Waals surface area contributed by atoms with Gasteiger partial charge in [0.2, 0.25) is 0 Å².